The van der Waals surface area contributed by atoms with Crippen LogP contribution in [0.5, 0.6) is 5.75 Å². The number of para-hydroxylation sites is 1. The molecule has 6 nitrogen and oxygen atoms in total. The van der Waals surface area contributed by atoms with Gasteiger partial charge in [-0.3, -0.25) is 4.79 Å². The predicted molar refractivity (Wildman–Crippen MR) is 98.2 cm³/mol. The molecule has 2 heterocycles. The molecule has 2 aliphatic heterocycles. The number of nitrogens with one attached hydrogen (secondary N) is 2. The zero-order valence-corrected chi connectivity index (χ0v) is 14.8. The van der Waals surface area contributed by atoms with E-state index < -0.39 is 0 Å². The summed E-state index contributed by atoms with van der Waals surface area (Å²) in [5.41, 5.74) is 2.78. The number of amides is 1. The van der Waals surface area contributed by atoms with Crippen molar-refractivity contribution in [3.05, 3.63) is 52.0 Å². The lowest BCUT2D eigenvalue weighted by atomic mass is 10.1. The van der Waals surface area contributed by atoms with E-state index in [2.05, 4.69) is 10.3 Å². The highest BCUT2D eigenvalue weighted by atomic mass is 35.5. The van der Waals surface area contributed by atoms with Gasteiger partial charge in [0.15, 0.2) is 0 Å². The van der Waals surface area contributed by atoms with Gasteiger partial charge in [0.1, 0.15) is 11.6 Å². The van der Waals surface area contributed by atoms with E-state index in [0.717, 1.165) is 11.4 Å². The largest absolute Gasteiger partial charge is 0.507 e. The zero-order chi connectivity index (χ0) is 18.1. The number of likely N-dealkylation sites (tertiary alicyclic amines) is 1. The molecule has 1 fully saturated rings. The minimum absolute atomic E-state index is 0.0622. The van der Waals surface area contributed by atoms with Gasteiger partial charge in [-0.15, -0.1) is 0 Å². The first kappa shape index (κ1) is 17.2. The van der Waals surface area contributed by atoms with Gasteiger partial charge in [0.05, 0.1) is 35.1 Å². The highest BCUT2D eigenvalue weighted by Crippen LogP contribution is 2.26. The molecule has 1 aromatic rings. The predicted octanol–water partition coefficient (Wildman–Crippen LogP) is 3.00. The van der Waals surface area contributed by atoms with Crippen LogP contribution in [0.15, 0.2) is 51.4 Å². The van der Waals surface area contributed by atoms with Gasteiger partial charge < -0.3 is 20.7 Å². The quantitative estimate of drug-likeness (QED) is 0.759. The van der Waals surface area contributed by atoms with E-state index >= 15 is 0 Å². The average molecular weight is 359 g/mol. The van der Waals surface area contributed by atoms with E-state index in [4.69, 9.17) is 17.0 Å². The summed E-state index contributed by atoms with van der Waals surface area (Å²) in [6.45, 7) is 4.27. The summed E-state index contributed by atoms with van der Waals surface area (Å²) in [6.07, 6.45) is 0.683. The van der Waals surface area contributed by atoms with Crippen LogP contribution in [-0.4, -0.2) is 40.4 Å². The van der Waals surface area contributed by atoms with Crippen molar-refractivity contribution in [1.29, 1.82) is 5.41 Å². The molecule has 25 heavy (non-hydrogen) atoms. The van der Waals surface area contributed by atoms with Crippen LogP contribution >= 0.6 is 11.6 Å². The molecule has 1 amide bonds. The molecule has 0 spiro atoms. The molecule has 0 radical (unpaired) electrons. The van der Waals surface area contributed by atoms with E-state index in [9.17, 15) is 9.90 Å². The van der Waals surface area contributed by atoms with Crippen LogP contribution in [0.3, 0.4) is 0 Å². The molecule has 0 saturated carbocycles. The fraction of sp³-hybridized carbons (Fsp3) is 0.278. The summed E-state index contributed by atoms with van der Waals surface area (Å²) in [5.74, 6) is 0.198. The fourth-order valence-corrected chi connectivity index (χ4v) is 3.08. The Balaban J connectivity index is 1.90. The summed E-state index contributed by atoms with van der Waals surface area (Å²) in [7, 11) is 0. The number of hydrogen-bond acceptors (Lipinski definition) is 5. The van der Waals surface area contributed by atoms with Crippen molar-refractivity contribution in [2.24, 2.45) is 4.99 Å². The molecule has 1 aromatic carbocycles. The monoisotopic (exact) mass is 358 g/mol. The molecular formula is C18H19ClN4O2. The molecule has 3 N–H and O–H groups in total. The number of phenolic OH excluding ortho intramolecular Hbond substituents is 1. The third-order valence-corrected chi connectivity index (χ3v) is 4.74. The van der Waals surface area contributed by atoms with Gasteiger partial charge in [0.2, 0.25) is 0 Å². The molecule has 1 saturated heterocycles. The number of allylic oxidation sites excluding steroid dienone is 2. The zero-order valence-electron chi connectivity index (χ0n) is 14.1. The van der Waals surface area contributed by atoms with Gasteiger partial charge >= 0.3 is 0 Å². The Bertz CT molecular complexity index is 854. The molecule has 2 aliphatic rings. The Hall–Kier alpha value is -2.60. The molecule has 0 aromatic heterocycles. The Morgan fingerprint density at radius 2 is 2.12 bits per heavy atom. The Labute approximate surface area is 151 Å². The first-order chi connectivity index (χ1) is 11.9. The van der Waals surface area contributed by atoms with Crippen LogP contribution in [0.1, 0.15) is 30.6 Å². The van der Waals surface area contributed by atoms with Crippen LogP contribution in [0.4, 0.5) is 0 Å². The lowest BCUT2D eigenvalue weighted by Crippen LogP contribution is -2.29. The minimum Gasteiger partial charge on any atom is -0.507 e. The number of nitrogens with zero attached hydrogens (tertiary/aromatic N) is 2. The van der Waals surface area contributed by atoms with Gasteiger partial charge in [-0.2, -0.15) is 0 Å². The van der Waals surface area contributed by atoms with Crippen molar-refractivity contribution < 1.29 is 9.90 Å². The van der Waals surface area contributed by atoms with Gasteiger partial charge in [-0.05, 0) is 25.5 Å². The average Bonchev–Trinajstić information content (AvgIpc) is 2.99. The Morgan fingerprint density at radius 3 is 2.80 bits per heavy atom. The number of rotatable bonds is 2. The van der Waals surface area contributed by atoms with Crippen molar-refractivity contribution in [2.75, 3.05) is 13.1 Å². The summed E-state index contributed by atoms with van der Waals surface area (Å²) >= 11 is 6.24. The second-order valence-electron chi connectivity index (χ2n) is 5.96. The van der Waals surface area contributed by atoms with Crippen molar-refractivity contribution >= 4 is 28.9 Å². The van der Waals surface area contributed by atoms with Gasteiger partial charge in [0, 0.05) is 11.3 Å². The second-order valence-corrected chi connectivity index (χ2v) is 6.34. The van der Waals surface area contributed by atoms with Crippen molar-refractivity contribution in [3.63, 3.8) is 0 Å². The number of phenols is 1. The lowest BCUT2D eigenvalue weighted by Gasteiger charge is -2.20. The summed E-state index contributed by atoms with van der Waals surface area (Å²) in [4.78, 5) is 18.7. The van der Waals surface area contributed by atoms with E-state index in [0.29, 0.717) is 28.6 Å². The van der Waals surface area contributed by atoms with E-state index in [1.807, 2.05) is 13.8 Å². The van der Waals surface area contributed by atoms with E-state index in [-0.39, 0.29) is 30.3 Å². The highest BCUT2D eigenvalue weighted by Gasteiger charge is 2.31. The topological polar surface area (TPSA) is 88.8 Å². The van der Waals surface area contributed by atoms with Crippen LogP contribution < -0.4 is 5.32 Å². The molecule has 130 valence electrons. The van der Waals surface area contributed by atoms with Crippen LogP contribution in [0.2, 0.25) is 0 Å². The Morgan fingerprint density at radius 1 is 1.40 bits per heavy atom. The summed E-state index contributed by atoms with van der Waals surface area (Å²) in [5, 5.41) is 21.9. The first-order valence-corrected chi connectivity index (χ1v) is 8.39. The fourth-order valence-electron chi connectivity index (χ4n) is 2.85. The number of aromatic hydroxyl groups is 1. The summed E-state index contributed by atoms with van der Waals surface area (Å²) in [6, 6.07) is 6.41. The number of benzene rings is 1. The smallest absolute Gasteiger partial charge is 0.258 e. The van der Waals surface area contributed by atoms with E-state index in [1.54, 1.807) is 18.2 Å². The van der Waals surface area contributed by atoms with Gasteiger partial charge in [-0.25, -0.2) is 4.99 Å². The SMILES string of the molecule is CCC1=N/C(=C2\CN(C(=O)c3ccccc3O)CC2=N)NC(C)=C1Cl. The maximum atomic E-state index is 12.6. The molecule has 0 bridgehead atoms. The number of halogens is 1. The van der Waals surface area contributed by atoms with E-state index in [1.165, 1.54) is 11.0 Å². The molecule has 0 aliphatic carbocycles. The molecule has 0 unspecified atom stereocenters. The van der Waals surface area contributed by atoms with Crippen LogP contribution in [0.25, 0.3) is 0 Å². The van der Waals surface area contributed by atoms with Gasteiger partial charge in [0.25, 0.3) is 5.91 Å². The third kappa shape index (κ3) is 3.17. The normalized spacial score (nSPS) is 20.7. The maximum absolute atomic E-state index is 12.6. The van der Waals surface area contributed by atoms with Crippen molar-refractivity contribution in [2.45, 2.75) is 20.3 Å². The molecule has 3 rings (SSSR count). The van der Waals surface area contributed by atoms with Crippen molar-refractivity contribution in [1.82, 2.24) is 10.2 Å². The molecule has 7 heteroatoms. The van der Waals surface area contributed by atoms with Crippen LogP contribution in [-0.2, 0) is 0 Å². The molecule has 0 atom stereocenters. The van der Waals surface area contributed by atoms with Gasteiger partial charge in [-0.1, -0.05) is 30.7 Å². The van der Waals surface area contributed by atoms with Crippen molar-refractivity contribution in [3.8, 4) is 5.75 Å². The number of aliphatic imine (C=N–C) groups is 1. The Kier molecular flexibility index (Phi) is 4.63. The highest BCUT2D eigenvalue weighted by molar-refractivity contribution is 6.44. The third-order valence-electron chi connectivity index (χ3n) is 4.24. The number of carbonyl (C=O) groups is 1. The second kappa shape index (κ2) is 6.72. The minimum atomic E-state index is -0.306. The maximum Gasteiger partial charge on any atom is 0.258 e. The molecular weight excluding hydrogens is 340 g/mol. The first-order valence-electron chi connectivity index (χ1n) is 8.02. The van der Waals surface area contributed by atoms with Crippen LogP contribution in [0, 0.1) is 5.41 Å². The standard InChI is InChI=1S/C18H19ClN4O2/c1-3-14-16(19)10(2)21-17(22-14)12-8-23(9-13(12)20)18(25)11-6-4-5-7-15(11)24/h4-7,20-21,24H,3,8-9H2,1-2H3/b17-12+,20-13?. The number of hydrogen-bond donors (Lipinski definition) is 3. The lowest BCUT2D eigenvalue weighted by molar-refractivity contribution is 0.0801. The summed E-state index contributed by atoms with van der Waals surface area (Å²) < 4.78 is 0. The number of carbonyl (C=O) groups excluding carboxylic acids is 1.